The van der Waals surface area contributed by atoms with Crippen LogP contribution in [0.5, 0.6) is 0 Å². The van der Waals surface area contributed by atoms with Crippen LogP contribution in [0, 0.1) is 0 Å². The summed E-state index contributed by atoms with van der Waals surface area (Å²) in [5.41, 5.74) is 1.17. The first-order valence-corrected chi connectivity index (χ1v) is 3.45. The van der Waals surface area contributed by atoms with Gasteiger partial charge >= 0.3 is 40.0 Å². The van der Waals surface area contributed by atoms with E-state index in [4.69, 9.17) is 17.5 Å². The Bertz CT molecular complexity index is 165. The number of allylic oxidation sites excluding steroid dienone is 1. The van der Waals surface area contributed by atoms with Gasteiger partial charge in [0.2, 0.25) is 0 Å². The fraction of sp³-hybridized carbons (Fsp3) is 0.500. The largest absolute Gasteiger partial charge is 1.00 e. The molecule has 0 radical (unpaired) electrons. The summed E-state index contributed by atoms with van der Waals surface area (Å²) in [7, 11) is -4.67. The van der Waals surface area contributed by atoms with E-state index < -0.39 is 10.4 Å². The second kappa shape index (κ2) is 7.71. The van der Waals surface area contributed by atoms with Gasteiger partial charge < -0.3 is 1.43 Å². The Balaban J connectivity index is -0.0000000383. The van der Waals surface area contributed by atoms with E-state index >= 15 is 0 Å². The molecule has 0 saturated carbocycles. The summed E-state index contributed by atoms with van der Waals surface area (Å²) in [4.78, 5) is 0. The van der Waals surface area contributed by atoms with Crippen molar-refractivity contribution in [3.63, 3.8) is 0 Å². The van der Waals surface area contributed by atoms with Gasteiger partial charge in [-0.15, -0.1) is 6.58 Å². The molecule has 0 saturated heterocycles. The van der Waals surface area contributed by atoms with Gasteiger partial charge in [-0.1, -0.05) is 5.57 Å². The van der Waals surface area contributed by atoms with E-state index in [1.54, 1.807) is 0 Å². The molecule has 0 heterocycles. The third-order valence-corrected chi connectivity index (χ3v) is 0. The Hall–Kier alpha value is 0.610. The molecule has 0 aromatic heterocycles. The molecule has 6 heteroatoms. The van der Waals surface area contributed by atoms with Crippen LogP contribution < -0.4 is 29.6 Å². The monoisotopic (exact) mass is 178 g/mol. The Morgan fingerprint density at radius 1 is 1.40 bits per heavy atom. The maximum atomic E-state index is 8.74. The van der Waals surface area contributed by atoms with E-state index in [-0.39, 0.29) is 31.0 Å². The zero-order valence-corrected chi connectivity index (χ0v) is 9.14. The van der Waals surface area contributed by atoms with Crippen LogP contribution in [-0.4, -0.2) is 17.5 Å². The molecule has 2 N–H and O–H groups in total. The van der Waals surface area contributed by atoms with Crippen molar-refractivity contribution in [1.29, 1.82) is 0 Å². The third kappa shape index (κ3) is 1340. The second-order valence-corrected chi connectivity index (χ2v) is 2.55. The van der Waals surface area contributed by atoms with E-state index in [1.807, 2.05) is 13.8 Å². The Labute approximate surface area is 84.7 Å². The van der Waals surface area contributed by atoms with E-state index in [2.05, 4.69) is 6.58 Å². The number of hydrogen-bond donors (Lipinski definition) is 2. The van der Waals surface area contributed by atoms with Crippen LogP contribution in [0.25, 0.3) is 0 Å². The molecule has 0 atom stereocenters. The van der Waals surface area contributed by atoms with Crippen molar-refractivity contribution in [2.75, 3.05) is 0 Å². The Morgan fingerprint density at radius 3 is 1.40 bits per heavy atom. The number of hydrogen-bond acceptors (Lipinski definition) is 2. The summed E-state index contributed by atoms with van der Waals surface area (Å²) in [6.45, 7) is 7.50. The van der Waals surface area contributed by atoms with Crippen LogP contribution in [0.3, 0.4) is 0 Å². The van der Waals surface area contributed by atoms with Crippen molar-refractivity contribution < 1.29 is 48.5 Å². The van der Waals surface area contributed by atoms with Crippen molar-refractivity contribution in [3.8, 4) is 0 Å². The van der Waals surface area contributed by atoms with Gasteiger partial charge in [-0.05, 0) is 13.8 Å². The average molecular weight is 178 g/mol. The van der Waals surface area contributed by atoms with Crippen LogP contribution in [0.4, 0.5) is 0 Å². The molecule has 0 rings (SSSR count). The van der Waals surface area contributed by atoms with Gasteiger partial charge in [-0.2, -0.15) is 8.42 Å². The molecule has 58 valence electrons. The number of rotatable bonds is 0. The van der Waals surface area contributed by atoms with Crippen LogP contribution in [-0.2, 0) is 10.4 Å². The fourth-order valence-corrected chi connectivity index (χ4v) is 0. The minimum atomic E-state index is -4.67. The Kier molecular flexibility index (Phi) is 13.1. The van der Waals surface area contributed by atoms with Crippen molar-refractivity contribution in [2.45, 2.75) is 13.8 Å². The summed E-state index contributed by atoms with van der Waals surface area (Å²) in [6.07, 6.45) is 0. The Morgan fingerprint density at radius 2 is 1.40 bits per heavy atom. The van der Waals surface area contributed by atoms with Gasteiger partial charge in [0.15, 0.2) is 0 Å². The first-order valence-electron chi connectivity index (χ1n) is 2.05. The summed E-state index contributed by atoms with van der Waals surface area (Å²) in [5, 5.41) is 0. The minimum Gasteiger partial charge on any atom is -1.00 e. The average Bonchev–Trinajstić information content (AvgIpc) is 1.19. The van der Waals surface area contributed by atoms with E-state index in [1.165, 1.54) is 5.57 Å². The van der Waals surface area contributed by atoms with Gasteiger partial charge in [-0.3, -0.25) is 9.11 Å². The molecule has 0 aromatic rings. The topological polar surface area (TPSA) is 74.6 Å². The predicted molar refractivity (Wildman–Crippen MR) is 35.8 cm³/mol. The van der Waals surface area contributed by atoms with Crippen LogP contribution in [0.15, 0.2) is 12.2 Å². The van der Waals surface area contributed by atoms with Crippen LogP contribution in [0.2, 0.25) is 0 Å². The maximum Gasteiger partial charge on any atom is 1.00 e. The van der Waals surface area contributed by atoms with Crippen molar-refractivity contribution >= 4 is 10.4 Å². The zero-order valence-electron chi connectivity index (χ0n) is 7.33. The van der Waals surface area contributed by atoms with Gasteiger partial charge in [-0.25, -0.2) is 0 Å². The second-order valence-electron chi connectivity index (χ2n) is 1.65. The first kappa shape index (κ1) is 16.9. The SMILES string of the molecule is C=C(C)C.O=S(=O)(O)O.[H-].[Na+]. The molecular formula is C4H11NaO4S. The van der Waals surface area contributed by atoms with Crippen LogP contribution in [0.1, 0.15) is 15.3 Å². The van der Waals surface area contributed by atoms with Gasteiger partial charge in [0, 0.05) is 0 Å². The molecule has 4 nitrogen and oxygen atoms in total. The molecule has 0 bridgehead atoms. The summed E-state index contributed by atoms with van der Waals surface area (Å²) >= 11 is 0. The van der Waals surface area contributed by atoms with E-state index in [9.17, 15) is 0 Å². The quantitative estimate of drug-likeness (QED) is 0.257. The molecule has 0 amide bonds. The molecule has 0 fully saturated rings. The normalized spacial score (nSPS) is 8.40. The van der Waals surface area contributed by atoms with Gasteiger partial charge in [0.1, 0.15) is 0 Å². The van der Waals surface area contributed by atoms with Gasteiger partial charge in [0.25, 0.3) is 0 Å². The van der Waals surface area contributed by atoms with E-state index in [0.717, 1.165) is 0 Å². The maximum absolute atomic E-state index is 8.74. The fourth-order valence-electron chi connectivity index (χ4n) is 0. The molecule has 0 unspecified atom stereocenters. The molecule has 0 aliphatic heterocycles. The third-order valence-electron chi connectivity index (χ3n) is 0. The molecule has 0 aliphatic rings. The standard InChI is InChI=1S/C4H8.Na.H2O4S.H/c1-4(2)3;;1-5(2,3)4;/h1H2,2-3H3;;(H2,1,2,3,4);/q;+1;;-1. The van der Waals surface area contributed by atoms with E-state index in [0.29, 0.717) is 0 Å². The van der Waals surface area contributed by atoms with Crippen molar-refractivity contribution in [1.82, 2.24) is 0 Å². The molecular weight excluding hydrogens is 167 g/mol. The molecule has 0 spiro atoms. The van der Waals surface area contributed by atoms with Gasteiger partial charge in [0.05, 0.1) is 0 Å². The van der Waals surface area contributed by atoms with Crippen molar-refractivity contribution in [2.24, 2.45) is 0 Å². The molecule has 0 aliphatic carbocycles. The zero-order chi connectivity index (χ0) is 8.08. The van der Waals surface area contributed by atoms with Crippen molar-refractivity contribution in [3.05, 3.63) is 12.2 Å². The first-order chi connectivity index (χ1) is 3.73. The predicted octanol–water partition coefficient (Wildman–Crippen LogP) is -1.95. The minimum absolute atomic E-state index is 0. The van der Waals surface area contributed by atoms with Crippen LogP contribution >= 0.6 is 0 Å². The summed E-state index contributed by atoms with van der Waals surface area (Å²) in [6, 6.07) is 0. The summed E-state index contributed by atoms with van der Waals surface area (Å²) in [5.74, 6) is 0. The molecule has 0 aromatic carbocycles. The molecule has 10 heavy (non-hydrogen) atoms. The summed E-state index contributed by atoms with van der Waals surface area (Å²) < 4.78 is 31.6. The smallest absolute Gasteiger partial charge is 1.00 e.